The van der Waals surface area contributed by atoms with Gasteiger partial charge in [-0.15, -0.1) is 11.8 Å². The summed E-state index contributed by atoms with van der Waals surface area (Å²) < 4.78 is 43.1. The van der Waals surface area contributed by atoms with Gasteiger partial charge in [0.15, 0.2) is 25.2 Å². The summed E-state index contributed by atoms with van der Waals surface area (Å²) in [5, 5.41) is 10.3. The first-order chi connectivity index (χ1) is 16.7. The molecule has 6 nitrogen and oxygen atoms in total. The molecule has 0 atom stereocenters. The SMILES string of the molecule is C.Cn1nc(Cl)cc1S(=O)(=O)CC1CCCCC1.Cn1nc(Cl)cc1SCC1CCCCC1.[2H]CF. The van der Waals surface area contributed by atoms with Gasteiger partial charge in [0, 0.05) is 32.0 Å². The Kier molecular flexibility index (Phi) is 14.1. The van der Waals surface area contributed by atoms with E-state index in [0.29, 0.717) is 11.1 Å². The van der Waals surface area contributed by atoms with E-state index in [2.05, 4.69) is 10.2 Å². The van der Waals surface area contributed by atoms with E-state index in [4.69, 9.17) is 24.6 Å². The lowest BCUT2D eigenvalue weighted by molar-refractivity contribution is 0.384. The highest BCUT2D eigenvalue weighted by atomic mass is 35.5. The molecule has 2 aliphatic rings. The first kappa shape index (κ1) is 30.5. The Bertz CT molecular complexity index is 992. The number of aryl methyl sites for hydroxylation is 2. The van der Waals surface area contributed by atoms with Crippen LogP contribution in [0.2, 0.25) is 10.3 Å². The predicted octanol–water partition coefficient (Wildman–Crippen LogP) is 7.40. The molecule has 0 spiro atoms. The molecule has 202 valence electrons. The molecule has 2 heterocycles. The van der Waals surface area contributed by atoms with Gasteiger partial charge >= 0.3 is 0 Å². The standard InChI is InChI=1S/C11H17ClN2O2S.C11H17ClN2S.CH3F.CH4/c1-14-11(7-10(12)13-14)17(15,16)8-9-5-3-2-4-6-9;1-14-11(7-10(12)13-14)15-8-9-5-3-2-4-6-9;1-2;/h7,9H,2-6,8H2,1H3;7,9H,2-6,8H2,1H3;1H3;1H4/i;;1D;. The number of halogens is 3. The summed E-state index contributed by atoms with van der Waals surface area (Å²) in [5.74, 6) is 2.64. The van der Waals surface area contributed by atoms with E-state index in [9.17, 15) is 12.8 Å². The average molecular weight is 573 g/mol. The van der Waals surface area contributed by atoms with Crippen LogP contribution in [0.25, 0.3) is 0 Å². The molecule has 0 unspecified atom stereocenters. The van der Waals surface area contributed by atoms with Gasteiger partial charge in [0.2, 0.25) is 0 Å². The monoisotopic (exact) mass is 571 g/mol. The number of nitrogens with zero attached hydrogens (tertiary/aromatic N) is 4. The number of alkyl halides is 1. The fraction of sp³-hybridized carbons (Fsp3) is 0.750. The van der Waals surface area contributed by atoms with Gasteiger partial charge in [0.1, 0.15) is 0 Å². The third kappa shape index (κ3) is 10.6. The van der Waals surface area contributed by atoms with E-state index < -0.39 is 17.0 Å². The van der Waals surface area contributed by atoms with Crippen LogP contribution in [0.1, 0.15) is 73.0 Å². The van der Waals surface area contributed by atoms with Crippen molar-refractivity contribution in [2.75, 3.05) is 18.7 Å². The molecule has 2 saturated carbocycles. The molecule has 0 aliphatic heterocycles. The predicted molar refractivity (Wildman–Crippen MR) is 146 cm³/mol. The number of rotatable bonds is 6. The number of hydrogen-bond acceptors (Lipinski definition) is 5. The van der Waals surface area contributed by atoms with Gasteiger partial charge in [-0.3, -0.25) is 13.8 Å². The van der Waals surface area contributed by atoms with Crippen molar-refractivity contribution >= 4 is 44.8 Å². The van der Waals surface area contributed by atoms with Gasteiger partial charge < -0.3 is 0 Å². The number of hydrogen-bond donors (Lipinski definition) is 0. The van der Waals surface area contributed by atoms with E-state index in [1.54, 1.807) is 7.05 Å². The summed E-state index contributed by atoms with van der Waals surface area (Å²) in [4.78, 5) is 0. The van der Waals surface area contributed by atoms with Crippen molar-refractivity contribution < 1.29 is 14.2 Å². The summed E-state index contributed by atoms with van der Waals surface area (Å²) in [6.45, 7) is 0. The van der Waals surface area contributed by atoms with Crippen molar-refractivity contribution in [2.24, 2.45) is 25.9 Å². The van der Waals surface area contributed by atoms with Crippen molar-refractivity contribution in [3.63, 3.8) is 0 Å². The summed E-state index contributed by atoms with van der Waals surface area (Å²) in [5.41, 5.74) is 0. The molecule has 4 rings (SSSR count). The second kappa shape index (κ2) is 16.2. The third-order valence-corrected chi connectivity index (χ3v) is 9.92. The normalized spacial score (nSPS) is 17.3. The lowest BCUT2D eigenvalue weighted by Gasteiger charge is -2.21. The van der Waals surface area contributed by atoms with Gasteiger partial charge in [-0.1, -0.05) is 69.2 Å². The highest BCUT2D eigenvalue weighted by molar-refractivity contribution is 7.99. The van der Waals surface area contributed by atoms with Crippen LogP contribution in [0.15, 0.2) is 22.2 Å². The molecule has 35 heavy (non-hydrogen) atoms. The van der Waals surface area contributed by atoms with E-state index in [1.165, 1.54) is 60.1 Å². The Morgan fingerprint density at radius 1 is 0.971 bits per heavy atom. The van der Waals surface area contributed by atoms with Gasteiger partial charge in [-0.2, -0.15) is 10.2 Å². The Hall–Kier alpha value is -0.770. The first-order valence-corrected chi connectivity index (χ1v) is 15.2. The van der Waals surface area contributed by atoms with E-state index in [-0.39, 0.29) is 23.4 Å². The topological polar surface area (TPSA) is 69.8 Å². The zero-order valence-electron chi connectivity index (χ0n) is 21.1. The maximum Gasteiger partial charge on any atom is 0.195 e. The zero-order valence-corrected chi connectivity index (χ0v) is 23.2. The molecule has 2 aliphatic carbocycles. The minimum Gasteiger partial charge on any atom is -0.261 e. The molecule has 2 aromatic heterocycles. The summed E-state index contributed by atoms with van der Waals surface area (Å²) >= 11 is 13.5. The lowest BCUT2D eigenvalue weighted by atomic mass is 9.91. The lowest BCUT2D eigenvalue weighted by Crippen LogP contribution is -2.20. The fourth-order valence-corrected chi connectivity index (χ4v) is 8.15. The smallest absolute Gasteiger partial charge is 0.195 e. The molecular formula is C24H41Cl2FN4O2S2. The fourth-order valence-electron chi connectivity index (χ4n) is 4.57. The Morgan fingerprint density at radius 3 is 1.91 bits per heavy atom. The van der Waals surface area contributed by atoms with Crippen molar-refractivity contribution in [3.8, 4) is 0 Å². The average Bonchev–Trinajstić information content (AvgIpc) is 3.34. The quantitative estimate of drug-likeness (QED) is 0.338. The van der Waals surface area contributed by atoms with Crippen LogP contribution < -0.4 is 0 Å². The van der Waals surface area contributed by atoms with Crippen molar-refractivity contribution in [3.05, 3.63) is 22.4 Å². The van der Waals surface area contributed by atoms with Gasteiger partial charge in [-0.25, -0.2) is 8.42 Å². The second-order valence-electron chi connectivity index (χ2n) is 8.96. The zero-order chi connectivity index (χ0) is 25.8. The molecule has 2 aromatic rings. The summed E-state index contributed by atoms with van der Waals surface area (Å²) in [6.07, 6.45) is 12.6. The van der Waals surface area contributed by atoms with E-state index in [1.807, 2.05) is 29.6 Å². The molecule has 0 N–H and O–H groups in total. The second-order valence-corrected chi connectivity index (χ2v) is 12.8. The minimum atomic E-state index is -3.25. The van der Waals surface area contributed by atoms with Crippen LogP contribution in [-0.2, 0) is 23.9 Å². The highest BCUT2D eigenvalue weighted by Gasteiger charge is 2.25. The van der Waals surface area contributed by atoms with Crippen LogP contribution in [0.3, 0.4) is 0 Å². The number of aromatic nitrogens is 4. The molecule has 0 aromatic carbocycles. The van der Waals surface area contributed by atoms with E-state index >= 15 is 0 Å². The third-order valence-electron chi connectivity index (χ3n) is 6.30. The first-order valence-electron chi connectivity index (χ1n) is 12.5. The maximum absolute atomic E-state index is 12.2. The molecule has 2 fully saturated rings. The van der Waals surface area contributed by atoms with E-state index in [0.717, 1.165) is 31.6 Å². The van der Waals surface area contributed by atoms with Gasteiger partial charge in [0.05, 0.1) is 19.3 Å². The maximum atomic E-state index is 12.2. The van der Waals surface area contributed by atoms with Crippen LogP contribution in [0.4, 0.5) is 4.39 Å². The Morgan fingerprint density at radius 2 is 1.46 bits per heavy atom. The summed E-state index contributed by atoms with van der Waals surface area (Å²) in [7, 11) is -0.690. The largest absolute Gasteiger partial charge is 0.261 e. The molecule has 0 saturated heterocycles. The Balaban J connectivity index is 0.000000319. The highest BCUT2D eigenvalue weighted by Crippen LogP contribution is 2.30. The van der Waals surface area contributed by atoms with Crippen LogP contribution in [0.5, 0.6) is 0 Å². The summed E-state index contributed by atoms with van der Waals surface area (Å²) in [6, 6.07) is 3.38. The van der Waals surface area contributed by atoms with Crippen LogP contribution >= 0.6 is 35.0 Å². The number of sulfone groups is 1. The molecule has 0 amide bonds. The molecule has 0 bridgehead atoms. The van der Waals surface area contributed by atoms with Crippen molar-refractivity contribution in [1.82, 2.24) is 19.6 Å². The van der Waals surface area contributed by atoms with Crippen LogP contribution in [-0.4, -0.2) is 46.6 Å². The van der Waals surface area contributed by atoms with Gasteiger partial charge in [-0.05, 0) is 37.5 Å². The van der Waals surface area contributed by atoms with Crippen molar-refractivity contribution in [2.45, 2.75) is 81.7 Å². The minimum absolute atomic E-state index is 0. The molecular weight excluding hydrogens is 530 g/mol. The van der Waals surface area contributed by atoms with Gasteiger partial charge in [0.25, 0.3) is 0 Å². The van der Waals surface area contributed by atoms with Crippen LogP contribution in [0, 0.1) is 11.8 Å². The molecule has 11 heteroatoms. The van der Waals surface area contributed by atoms with Crippen molar-refractivity contribution in [1.29, 1.82) is 0 Å². The number of thioether (sulfide) groups is 1. The Labute approximate surface area is 226 Å². The molecule has 0 radical (unpaired) electrons.